The van der Waals surface area contributed by atoms with Crippen molar-refractivity contribution in [2.45, 2.75) is 45.7 Å². The summed E-state index contributed by atoms with van der Waals surface area (Å²) in [5, 5.41) is 8.73. The molecule has 0 aromatic carbocycles. The Morgan fingerprint density at radius 3 is 1.80 bits per heavy atom. The summed E-state index contributed by atoms with van der Waals surface area (Å²) in [5.74, 6) is -1.40. The van der Waals surface area contributed by atoms with Crippen LogP contribution in [0.4, 0.5) is 0 Å². The molecule has 3 N–H and O–H groups in total. The van der Waals surface area contributed by atoms with Crippen molar-refractivity contribution in [3.63, 3.8) is 0 Å². The quantitative estimate of drug-likeness (QED) is 0.716. The minimum absolute atomic E-state index is 0.330. The van der Waals surface area contributed by atoms with Crippen LogP contribution >= 0.6 is 0 Å². The number of carbonyl (C=O) groups excluding carboxylic acids is 1. The molecule has 0 aromatic rings. The van der Waals surface area contributed by atoms with Crippen molar-refractivity contribution >= 4 is 11.9 Å². The summed E-state index contributed by atoms with van der Waals surface area (Å²) in [4.78, 5) is 23.8. The largest absolute Gasteiger partial charge is 0.480 e. The van der Waals surface area contributed by atoms with Gasteiger partial charge in [-0.15, -0.1) is 0 Å². The predicted molar refractivity (Wildman–Crippen MR) is 57.4 cm³/mol. The molecule has 1 amide bonds. The minimum atomic E-state index is -1.05. The van der Waals surface area contributed by atoms with Gasteiger partial charge in [0.15, 0.2) is 0 Å². The molecule has 0 aromatic heterocycles. The highest BCUT2D eigenvalue weighted by atomic mass is 16.4. The first-order chi connectivity index (χ1) is 6.46. The highest BCUT2D eigenvalue weighted by molar-refractivity contribution is 5.88. The third kappa shape index (κ3) is 4.29. The van der Waals surface area contributed by atoms with Crippen molar-refractivity contribution in [1.82, 2.24) is 4.90 Å². The molecule has 0 rings (SSSR count). The SMILES string of the molecule is CC(C)(N)C(=O)N(CC(=O)O)C(C)(C)C. The van der Waals surface area contributed by atoms with Gasteiger partial charge in [-0.2, -0.15) is 0 Å². The van der Waals surface area contributed by atoms with Crippen LogP contribution in [0.2, 0.25) is 0 Å². The van der Waals surface area contributed by atoms with Crippen LogP contribution in [-0.2, 0) is 9.59 Å². The molecule has 0 bridgehead atoms. The van der Waals surface area contributed by atoms with Gasteiger partial charge < -0.3 is 15.7 Å². The smallest absolute Gasteiger partial charge is 0.323 e. The Bertz CT molecular complexity index is 261. The van der Waals surface area contributed by atoms with Crippen molar-refractivity contribution < 1.29 is 14.7 Å². The second-order valence-corrected chi connectivity index (χ2v) is 5.18. The summed E-state index contributed by atoms with van der Waals surface area (Å²) in [7, 11) is 0. The average molecular weight is 216 g/mol. The van der Waals surface area contributed by atoms with Gasteiger partial charge in [0.05, 0.1) is 5.54 Å². The van der Waals surface area contributed by atoms with Crippen molar-refractivity contribution in [2.75, 3.05) is 6.54 Å². The van der Waals surface area contributed by atoms with E-state index in [1.54, 1.807) is 34.6 Å². The number of hydrogen-bond donors (Lipinski definition) is 2. The number of nitrogens with zero attached hydrogens (tertiary/aromatic N) is 1. The third-order valence-corrected chi connectivity index (χ3v) is 1.90. The van der Waals surface area contributed by atoms with Gasteiger partial charge in [0.2, 0.25) is 5.91 Å². The fourth-order valence-electron chi connectivity index (χ4n) is 1.10. The molecule has 0 atom stereocenters. The minimum Gasteiger partial charge on any atom is -0.480 e. The van der Waals surface area contributed by atoms with Crippen LogP contribution in [0.5, 0.6) is 0 Å². The third-order valence-electron chi connectivity index (χ3n) is 1.90. The normalized spacial score (nSPS) is 12.4. The number of nitrogens with two attached hydrogens (primary N) is 1. The van der Waals surface area contributed by atoms with Gasteiger partial charge in [0, 0.05) is 5.54 Å². The van der Waals surface area contributed by atoms with Crippen LogP contribution in [0.15, 0.2) is 0 Å². The van der Waals surface area contributed by atoms with Gasteiger partial charge in [0.25, 0.3) is 0 Å². The first-order valence-electron chi connectivity index (χ1n) is 4.79. The van der Waals surface area contributed by atoms with E-state index in [2.05, 4.69) is 0 Å². The van der Waals surface area contributed by atoms with Gasteiger partial charge in [-0.3, -0.25) is 9.59 Å². The maximum absolute atomic E-state index is 11.9. The van der Waals surface area contributed by atoms with E-state index in [9.17, 15) is 9.59 Å². The van der Waals surface area contributed by atoms with E-state index >= 15 is 0 Å². The summed E-state index contributed by atoms with van der Waals surface area (Å²) in [6, 6.07) is 0. The average Bonchev–Trinajstić information content (AvgIpc) is 1.94. The van der Waals surface area contributed by atoms with Crippen molar-refractivity contribution in [1.29, 1.82) is 0 Å². The lowest BCUT2D eigenvalue weighted by Crippen LogP contribution is -2.58. The van der Waals surface area contributed by atoms with Crippen LogP contribution in [-0.4, -0.2) is 39.5 Å². The van der Waals surface area contributed by atoms with E-state index in [4.69, 9.17) is 10.8 Å². The Labute approximate surface area is 90.2 Å². The van der Waals surface area contributed by atoms with Crippen molar-refractivity contribution in [3.05, 3.63) is 0 Å². The Kier molecular flexibility index (Phi) is 3.88. The zero-order valence-electron chi connectivity index (χ0n) is 10.00. The molecule has 0 heterocycles. The van der Waals surface area contributed by atoms with Crippen LogP contribution in [0.3, 0.4) is 0 Å². The first kappa shape index (κ1) is 13.9. The molecule has 0 fully saturated rings. The van der Waals surface area contributed by atoms with E-state index in [-0.39, 0.29) is 12.5 Å². The topological polar surface area (TPSA) is 83.6 Å². The summed E-state index contributed by atoms with van der Waals surface area (Å²) >= 11 is 0. The summed E-state index contributed by atoms with van der Waals surface area (Å²) < 4.78 is 0. The molecular formula is C10H20N2O3. The number of carboxylic acid groups (broad SMARTS) is 1. The Morgan fingerprint density at radius 2 is 1.60 bits per heavy atom. The monoisotopic (exact) mass is 216 g/mol. The maximum atomic E-state index is 11.9. The van der Waals surface area contributed by atoms with E-state index in [1.807, 2.05) is 0 Å². The molecule has 0 aliphatic carbocycles. The molecular weight excluding hydrogens is 196 g/mol. The first-order valence-corrected chi connectivity index (χ1v) is 4.79. The van der Waals surface area contributed by atoms with Gasteiger partial charge >= 0.3 is 5.97 Å². The molecule has 88 valence electrons. The summed E-state index contributed by atoms with van der Waals surface area (Å²) in [6.07, 6.45) is 0. The summed E-state index contributed by atoms with van der Waals surface area (Å²) in [5.41, 5.74) is 4.07. The van der Waals surface area contributed by atoms with Crippen LogP contribution < -0.4 is 5.73 Å². The lowest BCUT2D eigenvalue weighted by molar-refractivity contribution is -0.150. The second kappa shape index (κ2) is 4.18. The van der Waals surface area contributed by atoms with Gasteiger partial charge in [-0.1, -0.05) is 0 Å². The van der Waals surface area contributed by atoms with E-state index in [0.717, 1.165) is 0 Å². The van der Waals surface area contributed by atoms with E-state index in [0.29, 0.717) is 0 Å². The zero-order valence-corrected chi connectivity index (χ0v) is 10.00. The number of carbonyl (C=O) groups is 2. The Hall–Kier alpha value is -1.10. The van der Waals surface area contributed by atoms with Crippen molar-refractivity contribution in [3.8, 4) is 0 Å². The Morgan fingerprint density at radius 1 is 1.20 bits per heavy atom. The van der Waals surface area contributed by atoms with Crippen molar-refractivity contribution in [2.24, 2.45) is 5.73 Å². The molecule has 15 heavy (non-hydrogen) atoms. The molecule has 5 heteroatoms. The number of amides is 1. The summed E-state index contributed by atoms with van der Waals surface area (Å²) in [6.45, 7) is 8.13. The molecule has 5 nitrogen and oxygen atoms in total. The zero-order chi connectivity index (χ0) is 12.4. The lowest BCUT2D eigenvalue weighted by atomic mass is 9.99. The number of rotatable bonds is 3. The Balaban J connectivity index is 4.97. The van der Waals surface area contributed by atoms with Crippen LogP contribution in [0.1, 0.15) is 34.6 Å². The second-order valence-electron chi connectivity index (χ2n) is 5.18. The van der Waals surface area contributed by atoms with Crippen LogP contribution in [0.25, 0.3) is 0 Å². The number of carboxylic acids is 1. The van der Waals surface area contributed by atoms with E-state index < -0.39 is 17.0 Å². The fourth-order valence-corrected chi connectivity index (χ4v) is 1.10. The number of aliphatic carboxylic acids is 1. The molecule has 0 aliphatic heterocycles. The molecule has 0 aliphatic rings. The van der Waals surface area contributed by atoms with Gasteiger partial charge in [0.1, 0.15) is 6.54 Å². The van der Waals surface area contributed by atoms with Crippen LogP contribution in [0, 0.1) is 0 Å². The standard InChI is InChI=1S/C10H20N2O3/c1-9(2,3)12(6-7(13)14)8(15)10(4,5)11/h6,11H2,1-5H3,(H,13,14). The number of hydrogen-bond acceptors (Lipinski definition) is 3. The predicted octanol–water partition coefficient (Wildman–Crippen LogP) is 0.435. The highest BCUT2D eigenvalue weighted by Crippen LogP contribution is 2.17. The fraction of sp³-hybridized carbons (Fsp3) is 0.800. The molecule has 0 saturated heterocycles. The molecule has 0 saturated carbocycles. The van der Waals surface area contributed by atoms with Gasteiger partial charge in [-0.25, -0.2) is 0 Å². The molecule has 0 radical (unpaired) electrons. The molecule has 0 spiro atoms. The molecule has 0 unspecified atom stereocenters. The maximum Gasteiger partial charge on any atom is 0.323 e. The van der Waals surface area contributed by atoms with E-state index in [1.165, 1.54) is 4.90 Å². The highest BCUT2D eigenvalue weighted by Gasteiger charge is 2.35. The lowest BCUT2D eigenvalue weighted by Gasteiger charge is -2.38. The van der Waals surface area contributed by atoms with Gasteiger partial charge in [-0.05, 0) is 34.6 Å².